The SMILES string of the molecule is COc1ccc([Si](C)(C)[C@H]2[C@H](CC(=O)N(CCO)Cc3ccccc3)O[C@@]3(C(=O)N(Cc4cccc(N5CCCCC5=O)c4)c4ccccc43)[C@@H]2C)cc1. The third-order valence-corrected chi connectivity index (χ3v) is 16.3. The average Bonchev–Trinajstić information content (AvgIpc) is 3.61. The first-order valence-corrected chi connectivity index (χ1v) is 22.2. The zero-order valence-electron chi connectivity index (χ0n) is 31.7. The first kappa shape index (κ1) is 37.5. The summed E-state index contributed by atoms with van der Waals surface area (Å²) in [6.45, 7) is 8.16. The normalized spacial score (nSPS) is 22.5. The number of rotatable bonds is 12. The van der Waals surface area contributed by atoms with Crippen LogP contribution in [0.3, 0.4) is 0 Å². The van der Waals surface area contributed by atoms with Crippen LogP contribution in [0, 0.1) is 5.92 Å². The van der Waals surface area contributed by atoms with Crippen LogP contribution in [0.5, 0.6) is 5.75 Å². The maximum absolute atomic E-state index is 15.2. The molecule has 1 N–H and O–H groups in total. The Bertz CT molecular complexity index is 1990. The van der Waals surface area contributed by atoms with Gasteiger partial charge >= 0.3 is 0 Å². The fourth-order valence-electron chi connectivity index (χ4n) is 9.23. The molecule has 3 amide bonds. The maximum Gasteiger partial charge on any atom is 0.264 e. The van der Waals surface area contributed by atoms with Crippen molar-refractivity contribution >= 4 is 42.4 Å². The molecular formula is C44H51N3O6Si. The van der Waals surface area contributed by atoms with Crippen molar-refractivity contribution in [2.75, 3.05) is 36.6 Å². The molecule has 0 saturated carbocycles. The van der Waals surface area contributed by atoms with E-state index in [0.717, 1.165) is 46.7 Å². The van der Waals surface area contributed by atoms with Crippen molar-refractivity contribution in [2.45, 2.75) is 76.0 Å². The number of piperidine rings is 1. The summed E-state index contributed by atoms with van der Waals surface area (Å²) in [6, 6.07) is 33.8. The Morgan fingerprint density at radius 1 is 0.944 bits per heavy atom. The third kappa shape index (κ3) is 6.87. The molecule has 4 aromatic rings. The Hall–Kier alpha value is -4.77. The van der Waals surface area contributed by atoms with E-state index in [2.05, 4.69) is 32.2 Å². The lowest BCUT2D eigenvalue weighted by Gasteiger charge is -2.37. The van der Waals surface area contributed by atoms with Crippen LogP contribution in [0.2, 0.25) is 18.6 Å². The van der Waals surface area contributed by atoms with Crippen LogP contribution in [0.4, 0.5) is 11.4 Å². The predicted octanol–water partition coefficient (Wildman–Crippen LogP) is 6.39. The summed E-state index contributed by atoms with van der Waals surface area (Å²) in [4.78, 5) is 47.8. The van der Waals surface area contributed by atoms with Gasteiger partial charge in [0, 0.05) is 43.2 Å². The highest BCUT2D eigenvalue weighted by atomic mass is 28.3. The lowest BCUT2D eigenvalue weighted by Crippen LogP contribution is -2.52. The molecule has 1 spiro atoms. The standard InChI is InChI=1S/C44H51N3O6Si/c1-31-42(54(3,4)36-22-20-35(52-2)21-23-36)39(28-41(50)45(25-26-48)29-32-13-6-5-7-14-32)53-44(31)37-17-8-9-18-38(37)47(43(44)51)30-33-15-12-16-34(27-33)46-24-11-10-19-40(46)49/h5-9,12-18,20-23,27,31,39,42,48H,10-11,19,24-26,28-30H2,1-4H3/t31-,39+,42-,44+/m1/s1. The van der Waals surface area contributed by atoms with Gasteiger partial charge < -0.3 is 29.3 Å². The molecule has 3 aliphatic heterocycles. The van der Waals surface area contributed by atoms with Crippen molar-refractivity contribution in [3.05, 3.63) is 120 Å². The molecule has 54 heavy (non-hydrogen) atoms. The number of fused-ring (bicyclic) bond motifs is 2. The zero-order chi connectivity index (χ0) is 38.0. The van der Waals surface area contributed by atoms with Gasteiger partial charge in [-0.15, -0.1) is 0 Å². The fourth-order valence-corrected chi connectivity index (χ4v) is 13.2. The van der Waals surface area contributed by atoms with Gasteiger partial charge in [0.25, 0.3) is 5.91 Å². The molecule has 0 aromatic heterocycles. The molecule has 282 valence electrons. The molecule has 0 unspecified atom stereocenters. The molecule has 2 fully saturated rings. The van der Waals surface area contributed by atoms with Crippen molar-refractivity contribution in [2.24, 2.45) is 5.92 Å². The van der Waals surface area contributed by atoms with Gasteiger partial charge in [-0.1, -0.05) is 98.0 Å². The second-order valence-electron chi connectivity index (χ2n) is 15.5. The molecule has 7 rings (SSSR count). The maximum atomic E-state index is 15.2. The molecule has 4 atom stereocenters. The van der Waals surface area contributed by atoms with Crippen LogP contribution >= 0.6 is 0 Å². The van der Waals surface area contributed by atoms with E-state index in [1.165, 1.54) is 5.19 Å². The molecule has 0 aliphatic carbocycles. The Labute approximate surface area is 319 Å². The summed E-state index contributed by atoms with van der Waals surface area (Å²) in [7, 11) is -0.831. The van der Waals surface area contributed by atoms with E-state index in [-0.39, 0.29) is 48.8 Å². The molecule has 0 bridgehead atoms. The number of amides is 3. The summed E-state index contributed by atoms with van der Waals surface area (Å²) < 4.78 is 12.7. The highest BCUT2D eigenvalue weighted by Crippen LogP contribution is 2.60. The first-order chi connectivity index (χ1) is 26.1. The van der Waals surface area contributed by atoms with E-state index < -0.39 is 19.8 Å². The van der Waals surface area contributed by atoms with Crippen molar-refractivity contribution < 1.29 is 29.0 Å². The van der Waals surface area contributed by atoms with Gasteiger partial charge in [0.2, 0.25) is 11.8 Å². The van der Waals surface area contributed by atoms with E-state index in [9.17, 15) is 14.7 Å². The van der Waals surface area contributed by atoms with Gasteiger partial charge in [0.15, 0.2) is 5.60 Å². The summed E-state index contributed by atoms with van der Waals surface area (Å²) in [6.07, 6.45) is 1.95. The minimum Gasteiger partial charge on any atom is -0.497 e. The third-order valence-electron chi connectivity index (χ3n) is 11.9. The molecule has 4 aromatic carbocycles. The molecule has 2 saturated heterocycles. The lowest BCUT2D eigenvalue weighted by molar-refractivity contribution is -0.150. The van der Waals surface area contributed by atoms with Gasteiger partial charge in [-0.2, -0.15) is 0 Å². The van der Waals surface area contributed by atoms with E-state index in [4.69, 9.17) is 9.47 Å². The number of ether oxygens (including phenoxy) is 2. The van der Waals surface area contributed by atoms with Gasteiger partial charge in [-0.25, -0.2) is 0 Å². The summed E-state index contributed by atoms with van der Waals surface area (Å²) in [5.41, 5.74) is 2.96. The number of para-hydroxylation sites is 1. The Morgan fingerprint density at radius 3 is 2.39 bits per heavy atom. The molecule has 9 nitrogen and oxygen atoms in total. The van der Waals surface area contributed by atoms with Crippen LogP contribution in [0.25, 0.3) is 0 Å². The Morgan fingerprint density at radius 2 is 1.67 bits per heavy atom. The lowest BCUT2D eigenvalue weighted by atomic mass is 9.82. The highest BCUT2D eigenvalue weighted by Gasteiger charge is 2.66. The number of carbonyl (C=O) groups is 3. The fraction of sp³-hybridized carbons (Fsp3) is 0.386. The van der Waals surface area contributed by atoms with Crippen molar-refractivity contribution in [1.82, 2.24) is 4.90 Å². The molecule has 0 radical (unpaired) electrons. The second kappa shape index (κ2) is 15.5. The van der Waals surface area contributed by atoms with Crippen LogP contribution in [0.15, 0.2) is 103 Å². The highest BCUT2D eigenvalue weighted by molar-refractivity contribution is 6.91. The molecule has 10 heteroatoms. The number of methoxy groups -OCH3 is 1. The number of carbonyl (C=O) groups excluding carboxylic acids is 3. The van der Waals surface area contributed by atoms with E-state index in [0.29, 0.717) is 26.1 Å². The number of anilines is 2. The average molecular weight is 746 g/mol. The van der Waals surface area contributed by atoms with Crippen LogP contribution in [-0.4, -0.2) is 68.7 Å². The zero-order valence-corrected chi connectivity index (χ0v) is 32.7. The van der Waals surface area contributed by atoms with E-state index in [1.807, 2.05) is 101 Å². The van der Waals surface area contributed by atoms with Gasteiger partial charge in [-0.3, -0.25) is 14.4 Å². The number of hydrogen-bond acceptors (Lipinski definition) is 6. The van der Waals surface area contributed by atoms with E-state index >= 15 is 4.79 Å². The van der Waals surface area contributed by atoms with Gasteiger partial charge in [0.1, 0.15) is 5.75 Å². The number of benzene rings is 4. The summed E-state index contributed by atoms with van der Waals surface area (Å²) in [5, 5.41) is 11.2. The number of hydrogen-bond donors (Lipinski definition) is 1. The molecule has 3 aliphatic rings. The van der Waals surface area contributed by atoms with Crippen molar-refractivity contribution in [1.29, 1.82) is 0 Å². The Kier molecular flexibility index (Phi) is 10.8. The monoisotopic (exact) mass is 745 g/mol. The van der Waals surface area contributed by atoms with Gasteiger partial charge in [-0.05, 0) is 59.8 Å². The van der Waals surface area contributed by atoms with Crippen molar-refractivity contribution in [3.8, 4) is 5.75 Å². The number of aliphatic hydroxyl groups is 1. The summed E-state index contributed by atoms with van der Waals surface area (Å²) in [5.74, 6) is 0.380. The predicted molar refractivity (Wildman–Crippen MR) is 213 cm³/mol. The molecular weight excluding hydrogens is 695 g/mol. The number of nitrogens with zero attached hydrogens (tertiary/aromatic N) is 3. The molecule has 3 heterocycles. The topological polar surface area (TPSA) is 99.6 Å². The largest absolute Gasteiger partial charge is 0.497 e. The Balaban J connectivity index is 1.25. The quantitative estimate of drug-likeness (QED) is 0.169. The number of aliphatic hydroxyl groups excluding tert-OH is 1. The van der Waals surface area contributed by atoms with Crippen LogP contribution in [0.1, 0.15) is 49.3 Å². The van der Waals surface area contributed by atoms with Crippen LogP contribution < -0.4 is 19.7 Å². The van der Waals surface area contributed by atoms with E-state index in [1.54, 1.807) is 12.0 Å². The summed E-state index contributed by atoms with van der Waals surface area (Å²) >= 11 is 0. The minimum absolute atomic E-state index is 0.0809. The first-order valence-electron chi connectivity index (χ1n) is 19.1. The smallest absolute Gasteiger partial charge is 0.264 e. The van der Waals surface area contributed by atoms with Crippen LogP contribution in [-0.2, 0) is 37.8 Å². The minimum atomic E-state index is -2.49. The van der Waals surface area contributed by atoms with Gasteiger partial charge in [0.05, 0.1) is 46.5 Å². The van der Waals surface area contributed by atoms with Crippen molar-refractivity contribution in [3.63, 3.8) is 0 Å². The second-order valence-corrected chi connectivity index (χ2v) is 20.2.